The number of amides is 2. The summed E-state index contributed by atoms with van der Waals surface area (Å²) < 4.78 is 10.0. The third kappa shape index (κ3) is 5.23. The van der Waals surface area contributed by atoms with E-state index in [0.29, 0.717) is 23.6 Å². The van der Waals surface area contributed by atoms with Gasteiger partial charge in [-0.25, -0.2) is 9.59 Å². The van der Waals surface area contributed by atoms with E-state index in [1.807, 2.05) is 30.9 Å². The third-order valence-electron chi connectivity index (χ3n) is 3.43. The van der Waals surface area contributed by atoms with Crippen LogP contribution < -0.4 is 15.8 Å². The molecule has 0 aliphatic carbocycles. The number of aromatic nitrogens is 2. The zero-order valence-corrected chi connectivity index (χ0v) is 15.0. The quantitative estimate of drug-likeness (QED) is 0.616. The maximum absolute atomic E-state index is 11.9. The van der Waals surface area contributed by atoms with Crippen LogP contribution in [-0.4, -0.2) is 53.9 Å². The Labute approximate surface area is 150 Å². The molecule has 1 aliphatic rings. The van der Waals surface area contributed by atoms with Gasteiger partial charge in [-0.05, 0) is 12.3 Å². The highest BCUT2D eigenvalue weighted by Crippen LogP contribution is 2.16. The van der Waals surface area contributed by atoms with Crippen molar-refractivity contribution >= 4 is 23.8 Å². The Hall–Kier alpha value is -3.04. The SMILES string of the molecule is COC(=O)Nc1cc(N2CC=CCC2)nc(=NC(=O)OCC(C)C)n1O. The Morgan fingerprint density at radius 1 is 1.42 bits per heavy atom. The molecular weight excluding hydrogens is 342 g/mol. The summed E-state index contributed by atoms with van der Waals surface area (Å²) in [5, 5.41) is 12.6. The summed E-state index contributed by atoms with van der Waals surface area (Å²) in [6.45, 7) is 5.28. The second kappa shape index (κ2) is 8.88. The van der Waals surface area contributed by atoms with Crippen LogP contribution in [0, 0.1) is 5.92 Å². The van der Waals surface area contributed by atoms with Gasteiger partial charge in [-0.15, -0.1) is 9.72 Å². The first-order chi connectivity index (χ1) is 12.4. The number of nitrogens with zero attached hydrogens (tertiary/aromatic N) is 4. The van der Waals surface area contributed by atoms with Crippen molar-refractivity contribution in [2.75, 3.05) is 37.0 Å². The zero-order valence-electron chi connectivity index (χ0n) is 15.0. The number of ether oxygens (including phenoxy) is 2. The van der Waals surface area contributed by atoms with Gasteiger partial charge in [0, 0.05) is 19.2 Å². The number of rotatable bonds is 4. The van der Waals surface area contributed by atoms with E-state index in [2.05, 4.69) is 20.0 Å². The standard InChI is InChI=1S/C16H23N5O5/c1-11(2)10-26-16(23)19-14-17-12(20-7-5-4-6-8-20)9-13(21(14)24)18-15(22)25-3/h4-5,9,11,24H,6-8,10H2,1-3H3,(H,18,22). The van der Waals surface area contributed by atoms with Crippen molar-refractivity contribution in [2.45, 2.75) is 20.3 Å². The summed E-state index contributed by atoms with van der Waals surface area (Å²) >= 11 is 0. The molecule has 1 aromatic heterocycles. The van der Waals surface area contributed by atoms with Crippen molar-refractivity contribution in [3.05, 3.63) is 23.8 Å². The second-order valence-electron chi connectivity index (χ2n) is 6.02. The van der Waals surface area contributed by atoms with Crippen LogP contribution in [0.4, 0.5) is 21.2 Å². The molecule has 2 rings (SSSR count). The van der Waals surface area contributed by atoms with Gasteiger partial charge in [0.25, 0.3) is 5.62 Å². The highest BCUT2D eigenvalue weighted by Gasteiger charge is 2.16. The normalized spacial score (nSPS) is 14.5. The summed E-state index contributed by atoms with van der Waals surface area (Å²) in [6, 6.07) is 1.47. The molecule has 26 heavy (non-hydrogen) atoms. The fourth-order valence-electron chi connectivity index (χ4n) is 2.15. The molecule has 142 valence electrons. The molecule has 10 heteroatoms. The fraction of sp³-hybridized carbons (Fsp3) is 0.500. The molecule has 2 heterocycles. The first kappa shape index (κ1) is 19.3. The average Bonchev–Trinajstić information content (AvgIpc) is 2.63. The number of nitrogens with one attached hydrogen (secondary N) is 1. The molecular formula is C16H23N5O5. The lowest BCUT2D eigenvalue weighted by atomic mass is 10.2. The van der Waals surface area contributed by atoms with E-state index in [-0.39, 0.29) is 24.0 Å². The van der Waals surface area contributed by atoms with Crippen LogP contribution in [0.5, 0.6) is 0 Å². The van der Waals surface area contributed by atoms with Gasteiger partial charge in [0.2, 0.25) is 0 Å². The lowest BCUT2D eigenvalue weighted by Crippen LogP contribution is -2.34. The predicted molar refractivity (Wildman–Crippen MR) is 93.2 cm³/mol. The molecule has 0 bridgehead atoms. The molecule has 1 aliphatic heterocycles. The van der Waals surface area contributed by atoms with Gasteiger partial charge in [-0.2, -0.15) is 4.98 Å². The van der Waals surface area contributed by atoms with Crippen molar-refractivity contribution in [3.63, 3.8) is 0 Å². The molecule has 0 saturated carbocycles. The molecule has 2 N–H and O–H groups in total. The number of hydrogen-bond acceptors (Lipinski definition) is 7. The number of hydrogen-bond donors (Lipinski definition) is 2. The maximum Gasteiger partial charge on any atom is 0.437 e. The van der Waals surface area contributed by atoms with Crippen molar-refractivity contribution in [1.29, 1.82) is 0 Å². The summed E-state index contributed by atoms with van der Waals surface area (Å²) in [5.41, 5.74) is -0.308. The van der Waals surface area contributed by atoms with Gasteiger partial charge in [-0.3, -0.25) is 5.32 Å². The maximum atomic E-state index is 11.9. The minimum absolute atomic E-state index is 0.0354. The average molecular weight is 365 g/mol. The molecule has 0 spiro atoms. The van der Waals surface area contributed by atoms with Crippen LogP contribution in [0.2, 0.25) is 0 Å². The molecule has 0 saturated heterocycles. The molecule has 10 nitrogen and oxygen atoms in total. The largest absolute Gasteiger partial charge is 0.453 e. The molecule has 0 unspecified atom stereocenters. The number of methoxy groups -OCH3 is 1. The first-order valence-corrected chi connectivity index (χ1v) is 8.20. The lowest BCUT2D eigenvalue weighted by molar-refractivity contribution is 0.137. The number of anilines is 2. The molecule has 1 aromatic rings. The van der Waals surface area contributed by atoms with E-state index in [1.165, 1.54) is 13.2 Å². The van der Waals surface area contributed by atoms with Crippen LogP contribution in [-0.2, 0) is 9.47 Å². The lowest BCUT2D eigenvalue weighted by Gasteiger charge is -2.25. The van der Waals surface area contributed by atoms with E-state index in [0.717, 1.165) is 6.42 Å². The van der Waals surface area contributed by atoms with Crippen LogP contribution in [0.3, 0.4) is 0 Å². The van der Waals surface area contributed by atoms with E-state index < -0.39 is 12.2 Å². The Bertz CT molecular complexity index is 756. The van der Waals surface area contributed by atoms with Crippen molar-refractivity contribution < 1.29 is 24.3 Å². The van der Waals surface area contributed by atoms with Crippen LogP contribution in [0.1, 0.15) is 20.3 Å². The molecule has 2 amide bonds. The van der Waals surface area contributed by atoms with Gasteiger partial charge >= 0.3 is 12.2 Å². The Morgan fingerprint density at radius 3 is 2.81 bits per heavy atom. The van der Waals surface area contributed by atoms with Crippen molar-refractivity contribution in [3.8, 4) is 0 Å². The summed E-state index contributed by atoms with van der Waals surface area (Å²) in [4.78, 5) is 33.2. The molecule has 0 fully saturated rings. The van der Waals surface area contributed by atoms with Gasteiger partial charge in [0.1, 0.15) is 5.82 Å². The molecule has 0 atom stereocenters. The molecule has 0 radical (unpaired) electrons. The van der Waals surface area contributed by atoms with Gasteiger partial charge < -0.3 is 19.6 Å². The topological polar surface area (TPSA) is 118 Å². The van der Waals surface area contributed by atoms with E-state index in [9.17, 15) is 14.8 Å². The van der Waals surface area contributed by atoms with Gasteiger partial charge in [-0.1, -0.05) is 26.0 Å². The smallest absolute Gasteiger partial charge is 0.437 e. The van der Waals surface area contributed by atoms with E-state index >= 15 is 0 Å². The minimum Gasteiger partial charge on any atom is -0.453 e. The summed E-state index contributed by atoms with van der Waals surface area (Å²) in [7, 11) is 1.20. The Kier molecular flexibility index (Phi) is 6.59. The van der Waals surface area contributed by atoms with Crippen molar-refractivity contribution in [1.82, 2.24) is 9.71 Å². The predicted octanol–water partition coefficient (Wildman–Crippen LogP) is 1.76. The third-order valence-corrected chi connectivity index (χ3v) is 3.43. The van der Waals surface area contributed by atoms with Crippen LogP contribution >= 0.6 is 0 Å². The minimum atomic E-state index is -0.881. The number of carbonyl (C=O) groups excluding carboxylic acids is 2. The van der Waals surface area contributed by atoms with Crippen LogP contribution in [0.15, 0.2) is 23.2 Å². The highest BCUT2D eigenvalue weighted by atomic mass is 16.5. The van der Waals surface area contributed by atoms with Gasteiger partial charge in [0.05, 0.1) is 13.7 Å². The van der Waals surface area contributed by atoms with Crippen molar-refractivity contribution in [2.24, 2.45) is 10.9 Å². The summed E-state index contributed by atoms with van der Waals surface area (Å²) in [6.07, 6.45) is 3.20. The fourth-order valence-corrected chi connectivity index (χ4v) is 2.15. The highest BCUT2D eigenvalue weighted by molar-refractivity contribution is 5.83. The second-order valence-corrected chi connectivity index (χ2v) is 6.02. The van der Waals surface area contributed by atoms with Gasteiger partial charge in [0.15, 0.2) is 5.82 Å². The van der Waals surface area contributed by atoms with Crippen LogP contribution in [0.25, 0.3) is 0 Å². The molecule has 0 aromatic carbocycles. The zero-order chi connectivity index (χ0) is 19.1. The van der Waals surface area contributed by atoms with E-state index in [4.69, 9.17) is 4.74 Å². The summed E-state index contributed by atoms with van der Waals surface area (Å²) in [5.74, 6) is 0.555. The monoisotopic (exact) mass is 365 g/mol. The Morgan fingerprint density at radius 2 is 2.19 bits per heavy atom. The van der Waals surface area contributed by atoms with E-state index in [1.54, 1.807) is 0 Å². The first-order valence-electron chi connectivity index (χ1n) is 8.20. The Balaban J connectivity index is 2.40. The number of carbonyl (C=O) groups is 2.